The van der Waals surface area contributed by atoms with E-state index in [2.05, 4.69) is 10.3 Å². The number of halogens is 1. The second kappa shape index (κ2) is 7.50. The first-order chi connectivity index (χ1) is 13.1. The fraction of sp³-hybridized carbons (Fsp3) is 0.105. The molecule has 0 radical (unpaired) electrons. The van der Waals surface area contributed by atoms with Gasteiger partial charge in [-0.05, 0) is 42.5 Å². The molecule has 0 saturated heterocycles. The molecular weight excluding hydrogens is 387 g/mol. The Morgan fingerprint density at radius 1 is 1.26 bits per heavy atom. The minimum absolute atomic E-state index is 0.0173. The number of rotatable bonds is 5. The highest BCUT2D eigenvalue weighted by atomic mass is 32.2. The van der Waals surface area contributed by atoms with Crippen LogP contribution in [0, 0.1) is 5.82 Å². The lowest BCUT2D eigenvalue weighted by Crippen LogP contribution is -2.25. The number of thioether (sulfide) groups is 1. The minimum Gasteiger partial charge on any atom is -0.482 e. The van der Waals surface area contributed by atoms with Crippen molar-refractivity contribution in [2.45, 2.75) is 4.34 Å². The predicted octanol–water partition coefficient (Wildman–Crippen LogP) is 4.26. The topological polar surface area (TPSA) is 68.3 Å². The molecule has 1 aliphatic rings. The summed E-state index contributed by atoms with van der Waals surface area (Å²) in [6.07, 6.45) is 0. The van der Waals surface area contributed by atoms with Gasteiger partial charge in [-0.25, -0.2) is 9.37 Å². The quantitative estimate of drug-likeness (QED) is 0.512. The number of hydrogen-bond acceptors (Lipinski definition) is 6. The molecule has 0 atom stereocenters. The van der Waals surface area contributed by atoms with Gasteiger partial charge in [0.1, 0.15) is 11.6 Å². The van der Waals surface area contributed by atoms with Crippen molar-refractivity contribution in [1.29, 1.82) is 0 Å². The van der Waals surface area contributed by atoms with Crippen LogP contribution in [0.25, 0.3) is 11.3 Å². The first-order valence-corrected chi connectivity index (χ1v) is 9.89. The zero-order valence-electron chi connectivity index (χ0n) is 13.9. The van der Waals surface area contributed by atoms with E-state index >= 15 is 0 Å². The smallest absolute Gasteiger partial charge is 0.262 e. The van der Waals surface area contributed by atoms with Gasteiger partial charge >= 0.3 is 0 Å². The summed E-state index contributed by atoms with van der Waals surface area (Å²) in [6, 6.07) is 11.1. The second-order valence-corrected chi connectivity index (χ2v) is 7.85. The summed E-state index contributed by atoms with van der Waals surface area (Å²) in [6.45, 7) is -0.0173. The van der Waals surface area contributed by atoms with Gasteiger partial charge in [0, 0.05) is 16.5 Å². The van der Waals surface area contributed by atoms with E-state index in [-0.39, 0.29) is 29.9 Å². The normalized spacial score (nSPS) is 12.9. The molecule has 2 aromatic carbocycles. The van der Waals surface area contributed by atoms with E-state index in [0.717, 1.165) is 15.6 Å². The monoisotopic (exact) mass is 400 g/mol. The number of nitrogens with one attached hydrogen (secondary N) is 1. The van der Waals surface area contributed by atoms with E-state index in [9.17, 15) is 14.0 Å². The van der Waals surface area contributed by atoms with E-state index in [1.807, 2.05) is 5.38 Å². The minimum atomic E-state index is -0.291. The Kier molecular flexibility index (Phi) is 4.91. The van der Waals surface area contributed by atoms with E-state index in [4.69, 9.17) is 4.74 Å². The number of hydrogen-bond donors (Lipinski definition) is 1. The number of thiazole rings is 1. The lowest BCUT2D eigenvalue weighted by molar-refractivity contribution is -0.118. The number of carbonyl (C=O) groups excluding carboxylic acids is 2. The van der Waals surface area contributed by atoms with Gasteiger partial charge in [0.25, 0.3) is 5.91 Å². The second-order valence-electron chi connectivity index (χ2n) is 5.77. The van der Waals surface area contributed by atoms with Crippen LogP contribution in [0.2, 0.25) is 0 Å². The standard InChI is InChI=1S/C19H13FN2O3S2/c20-13-4-1-11(2-5-13)15-9-26-19(22-15)27-10-16(23)12-3-6-17-14(7-12)21-18(24)8-25-17/h1-7,9H,8,10H2,(H,21,24). The van der Waals surface area contributed by atoms with Crippen LogP contribution in [0.15, 0.2) is 52.2 Å². The van der Waals surface area contributed by atoms with Crippen LogP contribution >= 0.6 is 23.1 Å². The van der Waals surface area contributed by atoms with Crippen molar-refractivity contribution in [3.8, 4) is 17.0 Å². The van der Waals surface area contributed by atoms with E-state index < -0.39 is 0 Å². The number of aromatic nitrogens is 1. The number of carbonyl (C=O) groups is 2. The molecule has 0 fully saturated rings. The van der Waals surface area contributed by atoms with E-state index in [1.54, 1.807) is 30.3 Å². The van der Waals surface area contributed by atoms with Gasteiger partial charge in [0.2, 0.25) is 0 Å². The third-order valence-corrected chi connectivity index (χ3v) is 5.91. The van der Waals surface area contributed by atoms with Gasteiger partial charge in [0.15, 0.2) is 16.7 Å². The fourth-order valence-electron chi connectivity index (χ4n) is 2.54. The number of benzene rings is 2. The van der Waals surface area contributed by atoms with Crippen molar-refractivity contribution in [1.82, 2.24) is 4.98 Å². The average Bonchev–Trinajstić information content (AvgIpc) is 3.15. The molecule has 0 aliphatic carbocycles. The zero-order chi connectivity index (χ0) is 18.8. The summed E-state index contributed by atoms with van der Waals surface area (Å²) in [7, 11) is 0. The number of fused-ring (bicyclic) bond motifs is 1. The Morgan fingerprint density at radius 3 is 2.89 bits per heavy atom. The van der Waals surface area contributed by atoms with Gasteiger partial charge in [-0.15, -0.1) is 11.3 Å². The van der Waals surface area contributed by atoms with Crippen molar-refractivity contribution < 1.29 is 18.7 Å². The molecule has 0 bridgehead atoms. The summed E-state index contributed by atoms with van der Waals surface area (Å²) in [5, 5.41) is 4.58. The van der Waals surface area contributed by atoms with Crippen LogP contribution < -0.4 is 10.1 Å². The highest BCUT2D eigenvalue weighted by Crippen LogP contribution is 2.31. The predicted molar refractivity (Wildman–Crippen MR) is 103 cm³/mol. The third kappa shape index (κ3) is 4.01. The Hall–Kier alpha value is -2.71. The summed E-state index contributed by atoms with van der Waals surface area (Å²) < 4.78 is 19.1. The maximum Gasteiger partial charge on any atom is 0.262 e. The van der Waals surface area contributed by atoms with Crippen molar-refractivity contribution in [2.75, 3.05) is 17.7 Å². The average molecular weight is 400 g/mol. The summed E-state index contributed by atoms with van der Waals surface area (Å²) in [5.74, 6) is 0.187. The van der Waals surface area contributed by atoms with Crippen molar-refractivity contribution >= 4 is 40.5 Å². The molecule has 8 heteroatoms. The first-order valence-electron chi connectivity index (χ1n) is 8.03. The Morgan fingerprint density at radius 2 is 2.07 bits per heavy atom. The van der Waals surface area contributed by atoms with Crippen molar-refractivity contribution in [2.24, 2.45) is 0 Å². The molecule has 0 spiro atoms. The van der Waals surface area contributed by atoms with Crippen LogP contribution in [-0.4, -0.2) is 29.0 Å². The maximum absolute atomic E-state index is 13.0. The van der Waals surface area contributed by atoms with Crippen LogP contribution in [0.4, 0.5) is 10.1 Å². The molecular formula is C19H13FN2O3S2. The lowest BCUT2D eigenvalue weighted by atomic mass is 10.1. The molecule has 1 N–H and O–H groups in total. The molecule has 0 unspecified atom stereocenters. The van der Waals surface area contributed by atoms with Crippen LogP contribution in [-0.2, 0) is 4.79 Å². The molecule has 4 rings (SSSR count). The molecule has 27 heavy (non-hydrogen) atoms. The van der Waals surface area contributed by atoms with Gasteiger partial charge in [0.05, 0.1) is 17.1 Å². The number of ether oxygens (including phenoxy) is 1. The summed E-state index contributed by atoms with van der Waals surface area (Å²) >= 11 is 2.78. The number of ketones is 1. The molecule has 2 heterocycles. The van der Waals surface area contributed by atoms with Crippen LogP contribution in [0.5, 0.6) is 5.75 Å². The Bertz CT molecular complexity index is 1020. The zero-order valence-corrected chi connectivity index (χ0v) is 15.5. The third-order valence-electron chi connectivity index (χ3n) is 3.88. The highest BCUT2D eigenvalue weighted by Gasteiger charge is 2.18. The van der Waals surface area contributed by atoms with E-state index in [1.165, 1.54) is 35.2 Å². The largest absolute Gasteiger partial charge is 0.482 e. The molecule has 1 amide bonds. The number of Topliss-reactive ketones (excluding diaryl/α,β-unsaturated/α-hetero) is 1. The number of nitrogens with zero attached hydrogens (tertiary/aromatic N) is 1. The highest BCUT2D eigenvalue weighted by molar-refractivity contribution is 8.01. The first kappa shape index (κ1) is 17.7. The van der Waals surface area contributed by atoms with Crippen molar-refractivity contribution in [3.63, 3.8) is 0 Å². The van der Waals surface area contributed by atoms with Gasteiger partial charge in [-0.1, -0.05) is 11.8 Å². The van der Waals surface area contributed by atoms with Crippen molar-refractivity contribution in [3.05, 3.63) is 59.2 Å². The molecule has 5 nitrogen and oxygen atoms in total. The Balaban J connectivity index is 1.42. The van der Waals surface area contributed by atoms with Gasteiger partial charge < -0.3 is 10.1 Å². The van der Waals surface area contributed by atoms with Gasteiger partial charge in [-0.2, -0.15) is 0 Å². The molecule has 136 valence electrons. The van der Waals surface area contributed by atoms with E-state index in [0.29, 0.717) is 17.0 Å². The fourth-order valence-corrected chi connectivity index (χ4v) is 4.27. The maximum atomic E-state index is 13.0. The number of amides is 1. The Labute approximate surface area is 162 Å². The SMILES string of the molecule is O=C1COc2ccc(C(=O)CSc3nc(-c4ccc(F)cc4)cs3)cc2N1. The van der Waals surface area contributed by atoms with Gasteiger partial charge in [-0.3, -0.25) is 9.59 Å². The van der Waals surface area contributed by atoms with Crippen LogP contribution in [0.1, 0.15) is 10.4 Å². The molecule has 1 aromatic heterocycles. The van der Waals surface area contributed by atoms with Crippen LogP contribution in [0.3, 0.4) is 0 Å². The lowest BCUT2D eigenvalue weighted by Gasteiger charge is -2.18. The molecule has 0 saturated carbocycles. The summed E-state index contributed by atoms with van der Waals surface area (Å²) in [5.41, 5.74) is 2.59. The molecule has 3 aromatic rings. The number of anilines is 1. The summed E-state index contributed by atoms with van der Waals surface area (Å²) in [4.78, 5) is 28.3. The molecule has 1 aliphatic heterocycles.